The Morgan fingerprint density at radius 1 is 1.07 bits per heavy atom. The first-order valence-electron chi connectivity index (χ1n) is 8.67. The average molecular weight is 402 g/mol. The smallest absolute Gasteiger partial charge is 0.310 e. The van der Waals surface area contributed by atoms with Crippen molar-refractivity contribution >= 4 is 23.3 Å². The molecular formula is C20H22N2O7. The molecule has 0 spiro atoms. The molecule has 0 aliphatic heterocycles. The molecule has 0 aromatic heterocycles. The normalized spacial score (nSPS) is 10.2. The Bertz CT molecular complexity index is 941. The van der Waals surface area contributed by atoms with E-state index in [2.05, 4.69) is 5.32 Å². The number of nitrogens with one attached hydrogen (secondary N) is 1. The van der Waals surface area contributed by atoms with Gasteiger partial charge in [0.2, 0.25) is 0 Å². The lowest BCUT2D eigenvalue weighted by atomic mass is 10.1. The summed E-state index contributed by atoms with van der Waals surface area (Å²) < 4.78 is 15.3. The van der Waals surface area contributed by atoms with Crippen LogP contribution < -0.4 is 14.8 Å². The zero-order valence-electron chi connectivity index (χ0n) is 16.6. The van der Waals surface area contributed by atoms with Crippen LogP contribution in [0, 0.1) is 24.0 Å². The maximum Gasteiger partial charge on any atom is 0.310 e. The number of hydrogen-bond acceptors (Lipinski definition) is 7. The molecule has 0 aliphatic carbocycles. The molecule has 2 aromatic rings. The number of ether oxygens (including phenoxy) is 3. The number of nitro groups is 1. The van der Waals surface area contributed by atoms with Crippen LogP contribution in [0.25, 0.3) is 0 Å². The van der Waals surface area contributed by atoms with Crippen LogP contribution in [0.4, 0.5) is 11.4 Å². The van der Waals surface area contributed by atoms with Crippen LogP contribution >= 0.6 is 0 Å². The molecule has 0 atom stereocenters. The van der Waals surface area contributed by atoms with E-state index in [9.17, 15) is 19.7 Å². The Hall–Kier alpha value is -3.62. The summed E-state index contributed by atoms with van der Waals surface area (Å²) in [4.78, 5) is 34.8. The van der Waals surface area contributed by atoms with Crippen LogP contribution in [-0.2, 0) is 20.7 Å². The van der Waals surface area contributed by atoms with Crippen molar-refractivity contribution in [1.29, 1.82) is 0 Å². The summed E-state index contributed by atoms with van der Waals surface area (Å²) in [5.41, 5.74) is 1.85. The zero-order valence-corrected chi connectivity index (χ0v) is 16.6. The second-order valence-corrected chi connectivity index (χ2v) is 6.23. The van der Waals surface area contributed by atoms with E-state index in [0.29, 0.717) is 22.6 Å². The number of aryl methyl sites for hydroxylation is 1. The largest absolute Gasteiger partial charge is 0.493 e. The molecule has 29 heavy (non-hydrogen) atoms. The van der Waals surface area contributed by atoms with Gasteiger partial charge in [-0.15, -0.1) is 0 Å². The minimum Gasteiger partial charge on any atom is -0.493 e. The van der Waals surface area contributed by atoms with Crippen LogP contribution in [0.15, 0.2) is 30.3 Å². The number of hydrogen-bond donors (Lipinski definition) is 1. The van der Waals surface area contributed by atoms with Gasteiger partial charge in [0.15, 0.2) is 18.1 Å². The van der Waals surface area contributed by atoms with Crippen molar-refractivity contribution in [2.24, 2.45) is 0 Å². The third kappa shape index (κ3) is 5.44. The molecule has 1 amide bonds. The second kappa shape index (κ2) is 9.54. The Morgan fingerprint density at radius 2 is 1.76 bits per heavy atom. The molecular weight excluding hydrogens is 380 g/mol. The number of amides is 1. The lowest BCUT2D eigenvalue weighted by molar-refractivity contribution is -0.384. The fourth-order valence-electron chi connectivity index (χ4n) is 2.64. The summed E-state index contributed by atoms with van der Waals surface area (Å²) in [5.74, 6) is -0.290. The monoisotopic (exact) mass is 402 g/mol. The molecule has 9 heteroatoms. The zero-order chi connectivity index (χ0) is 21.6. The highest BCUT2D eigenvalue weighted by Crippen LogP contribution is 2.30. The molecule has 0 unspecified atom stereocenters. The van der Waals surface area contributed by atoms with Gasteiger partial charge in [0.25, 0.3) is 11.6 Å². The van der Waals surface area contributed by atoms with E-state index in [0.717, 1.165) is 5.56 Å². The van der Waals surface area contributed by atoms with Gasteiger partial charge in [-0.3, -0.25) is 19.7 Å². The van der Waals surface area contributed by atoms with Gasteiger partial charge >= 0.3 is 5.97 Å². The SMILES string of the molecule is COc1ccc(CC(=O)OCC(=O)Nc2c([N+](=O)[O-])ccc(C)c2C)cc1OC. The number of nitro benzene ring substituents is 1. The first kappa shape index (κ1) is 21.7. The standard InChI is InChI=1S/C20H22N2O7/c1-12-5-7-15(22(25)26)20(13(12)2)21-18(23)11-29-19(24)10-14-6-8-16(27-3)17(9-14)28-4/h5-9H,10-11H2,1-4H3,(H,21,23). The number of esters is 1. The summed E-state index contributed by atoms with van der Waals surface area (Å²) in [6, 6.07) is 7.91. The maximum atomic E-state index is 12.1. The highest BCUT2D eigenvalue weighted by atomic mass is 16.6. The topological polar surface area (TPSA) is 117 Å². The van der Waals surface area contributed by atoms with Gasteiger partial charge < -0.3 is 19.5 Å². The number of carbonyl (C=O) groups is 2. The van der Waals surface area contributed by atoms with E-state index in [-0.39, 0.29) is 17.8 Å². The van der Waals surface area contributed by atoms with E-state index in [1.54, 1.807) is 38.1 Å². The van der Waals surface area contributed by atoms with E-state index < -0.39 is 23.4 Å². The lowest BCUT2D eigenvalue weighted by Crippen LogP contribution is -2.22. The molecule has 0 radical (unpaired) electrons. The number of methoxy groups -OCH3 is 2. The number of nitrogens with zero attached hydrogens (tertiary/aromatic N) is 1. The first-order chi connectivity index (χ1) is 13.8. The van der Waals surface area contributed by atoms with Gasteiger partial charge in [0.1, 0.15) is 5.69 Å². The molecule has 1 N–H and O–H groups in total. The van der Waals surface area contributed by atoms with Crippen molar-refractivity contribution in [1.82, 2.24) is 0 Å². The van der Waals surface area contributed by atoms with Crippen LogP contribution in [-0.4, -0.2) is 37.6 Å². The first-order valence-corrected chi connectivity index (χ1v) is 8.67. The van der Waals surface area contributed by atoms with Gasteiger partial charge in [0.05, 0.1) is 25.6 Å². The number of carbonyl (C=O) groups excluding carboxylic acids is 2. The lowest BCUT2D eigenvalue weighted by Gasteiger charge is -2.12. The number of benzene rings is 2. The van der Waals surface area contributed by atoms with Crippen molar-refractivity contribution in [2.75, 3.05) is 26.1 Å². The minimum absolute atomic E-state index is 0.0722. The fourth-order valence-corrected chi connectivity index (χ4v) is 2.64. The Labute approximate surface area is 167 Å². The summed E-state index contributed by atoms with van der Waals surface area (Å²) in [6.07, 6.45) is -0.0722. The van der Waals surface area contributed by atoms with Gasteiger partial charge in [-0.05, 0) is 42.7 Å². The van der Waals surface area contributed by atoms with Crippen molar-refractivity contribution in [3.63, 3.8) is 0 Å². The van der Waals surface area contributed by atoms with Gasteiger partial charge in [-0.1, -0.05) is 12.1 Å². The summed E-state index contributed by atoms with van der Waals surface area (Å²) in [7, 11) is 2.99. The van der Waals surface area contributed by atoms with Crippen molar-refractivity contribution in [3.05, 3.63) is 57.1 Å². The van der Waals surface area contributed by atoms with Crippen molar-refractivity contribution < 1.29 is 28.7 Å². The van der Waals surface area contributed by atoms with Gasteiger partial charge in [-0.25, -0.2) is 0 Å². The molecule has 0 saturated heterocycles. The fraction of sp³-hybridized carbons (Fsp3) is 0.300. The predicted molar refractivity (Wildman–Crippen MR) is 105 cm³/mol. The van der Waals surface area contributed by atoms with E-state index in [1.807, 2.05) is 0 Å². The van der Waals surface area contributed by atoms with Crippen molar-refractivity contribution in [3.8, 4) is 11.5 Å². The second-order valence-electron chi connectivity index (χ2n) is 6.23. The molecule has 2 aromatic carbocycles. The maximum absolute atomic E-state index is 12.1. The highest BCUT2D eigenvalue weighted by Gasteiger charge is 2.20. The van der Waals surface area contributed by atoms with E-state index in [1.165, 1.54) is 20.3 Å². The molecule has 0 heterocycles. The Kier molecular flexibility index (Phi) is 7.13. The predicted octanol–water partition coefficient (Wildman–Crippen LogP) is 2.95. The van der Waals surface area contributed by atoms with Gasteiger partial charge in [-0.2, -0.15) is 0 Å². The van der Waals surface area contributed by atoms with E-state index >= 15 is 0 Å². The molecule has 0 saturated carbocycles. The molecule has 0 fully saturated rings. The summed E-state index contributed by atoms with van der Waals surface area (Å²) >= 11 is 0. The van der Waals surface area contributed by atoms with Crippen LogP contribution in [0.2, 0.25) is 0 Å². The number of anilines is 1. The minimum atomic E-state index is -0.664. The Morgan fingerprint density at radius 3 is 2.38 bits per heavy atom. The van der Waals surface area contributed by atoms with Gasteiger partial charge in [0, 0.05) is 6.07 Å². The van der Waals surface area contributed by atoms with Crippen LogP contribution in [0.1, 0.15) is 16.7 Å². The average Bonchev–Trinajstić information content (AvgIpc) is 2.69. The van der Waals surface area contributed by atoms with E-state index in [4.69, 9.17) is 14.2 Å². The van der Waals surface area contributed by atoms with Crippen molar-refractivity contribution in [2.45, 2.75) is 20.3 Å². The number of rotatable bonds is 8. The molecule has 0 aliphatic rings. The highest BCUT2D eigenvalue weighted by molar-refractivity contribution is 5.96. The molecule has 154 valence electrons. The third-order valence-electron chi connectivity index (χ3n) is 4.34. The quantitative estimate of drug-likeness (QED) is 0.410. The Balaban J connectivity index is 1.99. The summed E-state index contributed by atoms with van der Waals surface area (Å²) in [5, 5.41) is 13.6. The summed E-state index contributed by atoms with van der Waals surface area (Å²) in [6.45, 7) is 2.88. The van der Waals surface area contributed by atoms with Crippen LogP contribution in [0.3, 0.4) is 0 Å². The van der Waals surface area contributed by atoms with Crippen LogP contribution in [0.5, 0.6) is 11.5 Å². The molecule has 2 rings (SSSR count). The molecule has 0 bridgehead atoms. The third-order valence-corrected chi connectivity index (χ3v) is 4.34. The molecule has 9 nitrogen and oxygen atoms in total.